The first kappa shape index (κ1) is 18.6. The van der Waals surface area contributed by atoms with E-state index < -0.39 is 0 Å². The maximum atomic E-state index is 12.2. The molecule has 1 aromatic heterocycles. The average Bonchev–Trinajstić information content (AvgIpc) is 2.65. The van der Waals surface area contributed by atoms with Crippen LogP contribution in [0.2, 0.25) is 0 Å². The van der Waals surface area contributed by atoms with E-state index in [1.807, 2.05) is 18.3 Å². The Morgan fingerprint density at radius 2 is 2.04 bits per heavy atom. The molecular formula is C22H29N3O. The van der Waals surface area contributed by atoms with Crippen LogP contribution in [0.3, 0.4) is 0 Å². The second-order valence-corrected chi connectivity index (χ2v) is 7.24. The molecule has 3 rings (SSSR count). The molecule has 4 nitrogen and oxygen atoms in total. The smallest absolute Gasteiger partial charge is 0.219 e. The number of carbonyl (C=O) groups excluding carboxylic acids is 1. The molecule has 4 heteroatoms. The summed E-state index contributed by atoms with van der Waals surface area (Å²) in [5, 5.41) is 3.70. The predicted molar refractivity (Wildman–Crippen MR) is 105 cm³/mol. The van der Waals surface area contributed by atoms with Gasteiger partial charge in [-0.25, -0.2) is 0 Å². The second-order valence-electron chi connectivity index (χ2n) is 7.24. The van der Waals surface area contributed by atoms with Crippen molar-refractivity contribution in [1.29, 1.82) is 0 Å². The molecule has 1 saturated heterocycles. The van der Waals surface area contributed by atoms with Crippen molar-refractivity contribution < 1.29 is 4.79 Å². The molecule has 1 amide bonds. The molecule has 1 aliphatic rings. The molecule has 0 spiro atoms. The number of rotatable bonds is 6. The minimum atomic E-state index is 0.179. The molecule has 2 aromatic rings. The van der Waals surface area contributed by atoms with Crippen molar-refractivity contribution in [2.24, 2.45) is 0 Å². The number of hydrogen-bond donors (Lipinski definition) is 1. The van der Waals surface area contributed by atoms with E-state index in [-0.39, 0.29) is 11.9 Å². The lowest BCUT2D eigenvalue weighted by atomic mass is 9.90. The number of carbonyl (C=O) groups is 1. The molecule has 0 unspecified atom stereocenters. The first-order chi connectivity index (χ1) is 12.6. The van der Waals surface area contributed by atoms with Crippen LogP contribution in [0.1, 0.15) is 36.6 Å². The molecule has 1 N–H and O–H groups in total. The van der Waals surface area contributed by atoms with Crippen molar-refractivity contribution in [3.63, 3.8) is 0 Å². The van der Waals surface area contributed by atoms with Gasteiger partial charge in [0.15, 0.2) is 0 Å². The fourth-order valence-corrected chi connectivity index (χ4v) is 3.84. The number of hydrogen-bond acceptors (Lipinski definition) is 3. The van der Waals surface area contributed by atoms with Crippen molar-refractivity contribution in [3.05, 3.63) is 65.5 Å². The van der Waals surface area contributed by atoms with E-state index >= 15 is 0 Å². The van der Waals surface area contributed by atoms with Crippen LogP contribution in [-0.2, 0) is 17.6 Å². The van der Waals surface area contributed by atoms with E-state index in [1.165, 1.54) is 11.1 Å². The van der Waals surface area contributed by atoms with Gasteiger partial charge in [0, 0.05) is 44.4 Å². The molecule has 2 heterocycles. The van der Waals surface area contributed by atoms with E-state index in [4.69, 9.17) is 0 Å². The van der Waals surface area contributed by atoms with Crippen molar-refractivity contribution in [3.8, 4) is 0 Å². The van der Waals surface area contributed by atoms with Gasteiger partial charge < -0.3 is 10.2 Å². The largest absolute Gasteiger partial charge is 0.338 e. The zero-order valence-electron chi connectivity index (χ0n) is 15.8. The maximum Gasteiger partial charge on any atom is 0.219 e. The summed E-state index contributed by atoms with van der Waals surface area (Å²) in [7, 11) is 0. The fourth-order valence-electron chi connectivity index (χ4n) is 3.84. The number of benzene rings is 1. The second kappa shape index (κ2) is 8.95. The maximum absolute atomic E-state index is 12.2. The van der Waals surface area contributed by atoms with Gasteiger partial charge in [-0.2, -0.15) is 0 Å². The average molecular weight is 351 g/mol. The molecule has 26 heavy (non-hydrogen) atoms. The van der Waals surface area contributed by atoms with E-state index in [1.54, 1.807) is 6.92 Å². The summed E-state index contributed by atoms with van der Waals surface area (Å²) in [6.07, 6.45) is 5.83. The number of nitrogens with zero attached hydrogens (tertiary/aromatic N) is 2. The zero-order valence-corrected chi connectivity index (χ0v) is 15.8. The minimum Gasteiger partial charge on any atom is -0.338 e. The van der Waals surface area contributed by atoms with Crippen molar-refractivity contribution in [2.75, 3.05) is 13.1 Å². The van der Waals surface area contributed by atoms with Gasteiger partial charge >= 0.3 is 0 Å². The Kier molecular flexibility index (Phi) is 6.40. The Labute approximate surface area is 156 Å². The van der Waals surface area contributed by atoms with Crippen LogP contribution in [-0.4, -0.2) is 41.0 Å². The van der Waals surface area contributed by atoms with Crippen LogP contribution in [0.4, 0.5) is 0 Å². The summed E-state index contributed by atoms with van der Waals surface area (Å²) in [6.45, 7) is 5.55. The van der Waals surface area contributed by atoms with E-state index in [9.17, 15) is 4.79 Å². The third-order valence-electron chi connectivity index (χ3n) is 5.26. The van der Waals surface area contributed by atoms with Crippen LogP contribution in [0.25, 0.3) is 0 Å². The van der Waals surface area contributed by atoms with Crippen molar-refractivity contribution >= 4 is 5.91 Å². The Morgan fingerprint density at radius 1 is 1.23 bits per heavy atom. The molecule has 0 aliphatic carbocycles. The molecule has 0 radical (unpaired) electrons. The lowest BCUT2D eigenvalue weighted by Crippen LogP contribution is -2.56. The van der Waals surface area contributed by atoms with E-state index in [0.717, 1.165) is 44.5 Å². The summed E-state index contributed by atoms with van der Waals surface area (Å²) >= 11 is 0. The van der Waals surface area contributed by atoms with Gasteiger partial charge in [-0.05, 0) is 43.9 Å². The van der Waals surface area contributed by atoms with Crippen LogP contribution in [0.15, 0.2) is 48.7 Å². The van der Waals surface area contributed by atoms with Crippen molar-refractivity contribution in [2.45, 2.75) is 51.6 Å². The lowest BCUT2D eigenvalue weighted by Gasteiger charge is -2.41. The van der Waals surface area contributed by atoms with Crippen LogP contribution < -0.4 is 5.32 Å². The predicted octanol–water partition coefficient (Wildman–Crippen LogP) is 3.14. The first-order valence-corrected chi connectivity index (χ1v) is 9.59. The van der Waals surface area contributed by atoms with Gasteiger partial charge in [0.1, 0.15) is 0 Å². The minimum absolute atomic E-state index is 0.179. The van der Waals surface area contributed by atoms with E-state index in [2.05, 4.69) is 52.5 Å². The first-order valence-electron chi connectivity index (χ1n) is 9.59. The highest BCUT2D eigenvalue weighted by Crippen LogP contribution is 2.22. The SMILES string of the molecule is CC(=O)N1CCC[C@H](NCCc2ccccn2)[C@@H]1Cc1ccc(C)cc1. The zero-order chi connectivity index (χ0) is 18.4. The van der Waals surface area contributed by atoms with Gasteiger partial charge in [0.2, 0.25) is 5.91 Å². The summed E-state index contributed by atoms with van der Waals surface area (Å²) in [4.78, 5) is 18.6. The van der Waals surface area contributed by atoms with Gasteiger partial charge in [0.25, 0.3) is 0 Å². The molecular weight excluding hydrogens is 322 g/mol. The third-order valence-corrected chi connectivity index (χ3v) is 5.26. The molecule has 0 saturated carbocycles. The lowest BCUT2D eigenvalue weighted by molar-refractivity contribution is -0.133. The molecule has 138 valence electrons. The van der Waals surface area contributed by atoms with Gasteiger partial charge in [-0.1, -0.05) is 35.9 Å². The summed E-state index contributed by atoms with van der Waals surface area (Å²) in [6, 6.07) is 15.3. The van der Waals surface area contributed by atoms with Gasteiger partial charge in [-0.3, -0.25) is 9.78 Å². The molecule has 1 aliphatic heterocycles. The summed E-state index contributed by atoms with van der Waals surface area (Å²) in [5.41, 5.74) is 3.67. The number of aromatic nitrogens is 1. The molecule has 1 fully saturated rings. The van der Waals surface area contributed by atoms with Crippen LogP contribution in [0.5, 0.6) is 0 Å². The number of pyridine rings is 1. The number of amides is 1. The van der Waals surface area contributed by atoms with Crippen molar-refractivity contribution in [1.82, 2.24) is 15.2 Å². The van der Waals surface area contributed by atoms with Gasteiger partial charge in [-0.15, -0.1) is 0 Å². The Morgan fingerprint density at radius 3 is 2.73 bits per heavy atom. The Balaban J connectivity index is 1.66. The molecule has 2 atom stereocenters. The van der Waals surface area contributed by atoms with Gasteiger partial charge in [0.05, 0.1) is 6.04 Å². The number of piperidine rings is 1. The standard InChI is InChI=1S/C22H29N3O/c1-17-8-10-19(11-9-17)16-22-21(7-5-15-25(22)18(2)26)24-14-12-20-6-3-4-13-23-20/h3-4,6,8-11,13,21-22,24H,5,7,12,14-16H2,1-2H3/t21-,22-/m0/s1. The van der Waals surface area contributed by atoms with Crippen LogP contribution in [0, 0.1) is 6.92 Å². The fraction of sp³-hybridized carbons (Fsp3) is 0.455. The highest BCUT2D eigenvalue weighted by molar-refractivity contribution is 5.73. The molecule has 1 aromatic carbocycles. The quantitative estimate of drug-likeness (QED) is 0.870. The highest BCUT2D eigenvalue weighted by atomic mass is 16.2. The summed E-state index contributed by atoms with van der Waals surface area (Å²) in [5.74, 6) is 0.179. The number of nitrogens with one attached hydrogen (secondary N) is 1. The monoisotopic (exact) mass is 351 g/mol. The number of aryl methyl sites for hydroxylation is 1. The Hall–Kier alpha value is -2.20. The number of likely N-dealkylation sites (tertiary alicyclic amines) is 1. The van der Waals surface area contributed by atoms with E-state index in [0.29, 0.717) is 6.04 Å². The third kappa shape index (κ3) is 4.92. The highest BCUT2D eigenvalue weighted by Gasteiger charge is 2.32. The van der Waals surface area contributed by atoms with Crippen LogP contribution >= 0.6 is 0 Å². The Bertz CT molecular complexity index is 699. The summed E-state index contributed by atoms with van der Waals surface area (Å²) < 4.78 is 0. The normalized spacial score (nSPS) is 20.2. The topological polar surface area (TPSA) is 45.2 Å². The molecule has 0 bridgehead atoms.